The van der Waals surface area contributed by atoms with Gasteiger partial charge in [0.25, 0.3) is 0 Å². The van der Waals surface area contributed by atoms with Gasteiger partial charge in [-0.3, -0.25) is 5.43 Å². The minimum Gasteiger partial charge on any atom is -0.495 e. The van der Waals surface area contributed by atoms with Crippen molar-refractivity contribution in [2.24, 2.45) is 5.10 Å². The molecule has 126 valence electrons. The molecule has 0 aliphatic heterocycles. The lowest BCUT2D eigenvalue weighted by Gasteiger charge is -2.12. The molecule has 2 aromatic rings. The van der Waals surface area contributed by atoms with E-state index in [-0.39, 0.29) is 0 Å². The van der Waals surface area contributed by atoms with Crippen molar-refractivity contribution in [2.75, 3.05) is 12.4 Å². The number of benzene rings is 2. The average Bonchev–Trinajstić information content (AvgIpc) is 2.58. The van der Waals surface area contributed by atoms with Crippen molar-refractivity contribution in [3.8, 4) is 5.75 Å². The highest BCUT2D eigenvalue weighted by molar-refractivity contribution is 7.80. The first-order chi connectivity index (χ1) is 11.4. The van der Waals surface area contributed by atoms with Crippen molar-refractivity contribution < 1.29 is 4.74 Å². The first-order valence-electron chi connectivity index (χ1n) is 6.82. The van der Waals surface area contributed by atoms with Gasteiger partial charge in [-0.2, -0.15) is 5.10 Å². The standard InChI is InChI=1S/C16H14Cl3N3OS/c1-9(10-7-8-11(17)15(19)14(10)18)21-22-16(24)20-12-5-3-4-6-13(12)23-2/h3-8H,1-2H3,(H2,20,22,24)/b21-9-. The number of thiocarbonyl (C=S) groups is 1. The maximum Gasteiger partial charge on any atom is 0.191 e. The molecule has 0 saturated heterocycles. The Hall–Kier alpha value is -1.53. The van der Waals surface area contributed by atoms with E-state index in [0.29, 0.717) is 37.2 Å². The second-order valence-electron chi connectivity index (χ2n) is 4.69. The van der Waals surface area contributed by atoms with Crippen molar-refractivity contribution in [3.05, 3.63) is 57.0 Å². The Bertz CT molecular complexity index is 796. The Balaban J connectivity index is 2.10. The minimum atomic E-state index is 0.292. The van der Waals surface area contributed by atoms with E-state index in [1.165, 1.54) is 0 Å². The smallest absolute Gasteiger partial charge is 0.191 e. The number of para-hydroxylation sites is 2. The van der Waals surface area contributed by atoms with Crippen LogP contribution in [0.25, 0.3) is 0 Å². The van der Waals surface area contributed by atoms with Crippen LogP contribution in [0, 0.1) is 0 Å². The van der Waals surface area contributed by atoms with Crippen LogP contribution in [0.2, 0.25) is 15.1 Å². The Morgan fingerprint density at radius 1 is 1.08 bits per heavy atom. The van der Waals surface area contributed by atoms with Gasteiger partial charge in [0.1, 0.15) is 5.75 Å². The van der Waals surface area contributed by atoms with Crippen molar-refractivity contribution >= 4 is 63.5 Å². The number of anilines is 1. The summed E-state index contributed by atoms with van der Waals surface area (Å²) in [6, 6.07) is 10.8. The summed E-state index contributed by atoms with van der Waals surface area (Å²) >= 11 is 23.4. The van der Waals surface area contributed by atoms with Crippen LogP contribution in [0.5, 0.6) is 5.75 Å². The van der Waals surface area contributed by atoms with Crippen LogP contribution in [0.4, 0.5) is 5.69 Å². The predicted molar refractivity (Wildman–Crippen MR) is 106 cm³/mol. The molecule has 0 unspecified atom stereocenters. The first-order valence-corrected chi connectivity index (χ1v) is 8.36. The fourth-order valence-corrected chi connectivity index (χ4v) is 2.73. The lowest BCUT2D eigenvalue weighted by Crippen LogP contribution is -2.25. The number of hydrogen-bond donors (Lipinski definition) is 2. The van der Waals surface area contributed by atoms with Gasteiger partial charge in [0.2, 0.25) is 0 Å². The molecule has 0 amide bonds. The predicted octanol–water partition coefficient (Wildman–Crippen LogP) is 5.37. The van der Waals surface area contributed by atoms with Gasteiger partial charge in [-0.25, -0.2) is 0 Å². The van der Waals surface area contributed by atoms with Crippen LogP contribution >= 0.6 is 47.0 Å². The number of rotatable bonds is 4. The van der Waals surface area contributed by atoms with Crippen LogP contribution < -0.4 is 15.5 Å². The maximum atomic E-state index is 6.19. The van der Waals surface area contributed by atoms with Gasteiger partial charge < -0.3 is 10.1 Å². The van der Waals surface area contributed by atoms with Gasteiger partial charge in [-0.05, 0) is 37.3 Å². The molecule has 2 rings (SSSR count). The molecule has 0 saturated carbocycles. The third kappa shape index (κ3) is 4.51. The lowest BCUT2D eigenvalue weighted by molar-refractivity contribution is 0.417. The molecule has 0 radical (unpaired) electrons. The summed E-state index contributed by atoms with van der Waals surface area (Å²) in [5, 5.41) is 8.56. The van der Waals surface area contributed by atoms with E-state index in [1.54, 1.807) is 26.2 Å². The fraction of sp³-hybridized carbons (Fsp3) is 0.125. The third-order valence-electron chi connectivity index (χ3n) is 3.11. The molecule has 0 spiro atoms. The lowest BCUT2D eigenvalue weighted by atomic mass is 10.1. The zero-order valence-electron chi connectivity index (χ0n) is 12.9. The topological polar surface area (TPSA) is 45.6 Å². The molecular formula is C16H14Cl3N3OS. The number of ether oxygens (including phenoxy) is 1. The Labute approximate surface area is 160 Å². The summed E-state index contributed by atoms with van der Waals surface area (Å²) < 4.78 is 5.25. The summed E-state index contributed by atoms with van der Waals surface area (Å²) in [6.07, 6.45) is 0. The summed E-state index contributed by atoms with van der Waals surface area (Å²) in [4.78, 5) is 0. The van der Waals surface area contributed by atoms with Crippen LogP contribution in [-0.4, -0.2) is 17.9 Å². The monoisotopic (exact) mass is 401 g/mol. The van der Waals surface area contributed by atoms with Crippen molar-refractivity contribution in [1.82, 2.24) is 5.43 Å². The van der Waals surface area contributed by atoms with E-state index in [2.05, 4.69) is 15.8 Å². The van der Waals surface area contributed by atoms with E-state index >= 15 is 0 Å². The quantitative estimate of drug-likeness (QED) is 0.312. The van der Waals surface area contributed by atoms with Gasteiger partial charge in [-0.1, -0.05) is 53.0 Å². The van der Waals surface area contributed by atoms with Crippen molar-refractivity contribution in [3.63, 3.8) is 0 Å². The number of hydrogen-bond acceptors (Lipinski definition) is 3. The summed E-state index contributed by atoms with van der Waals surface area (Å²) in [6.45, 7) is 1.78. The van der Waals surface area contributed by atoms with Crippen LogP contribution in [0.3, 0.4) is 0 Å². The van der Waals surface area contributed by atoms with Crippen molar-refractivity contribution in [2.45, 2.75) is 6.92 Å². The van der Waals surface area contributed by atoms with E-state index in [0.717, 1.165) is 5.69 Å². The maximum absolute atomic E-state index is 6.19. The van der Waals surface area contributed by atoms with Crippen LogP contribution in [0.1, 0.15) is 12.5 Å². The zero-order chi connectivity index (χ0) is 17.7. The van der Waals surface area contributed by atoms with Crippen molar-refractivity contribution in [1.29, 1.82) is 0 Å². The van der Waals surface area contributed by atoms with Gasteiger partial charge in [0.15, 0.2) is 5.11 Å². The van der Waals surface area contributed by atoms with E-state index < -0.39 is 0 Å². The largest absolute Gasteiger partial charge is 0.495 e. The number of halogens is 3. The summed E-state index contributed by atoms with van der Waals surface area (Å²) in [5.41, 5.74) is 4.77. The Morgan fingerprint density at radius 3 is 2.50 bits per heavy atom. The van der Waals surface area contributed by atoms with Gasteiger partial charge >= 0.3 is 0 Å². The molecule has 4 nitrogen and oxygen atoms in total. The highest BCUT2D eigenvalue weighted by atomic mass is 35.5. The number of nitrogens with zero attached hydrogens (tertiary/aromatic N) is 1. The first kappa shape index (κ1) is 18.8. The molecule has 0 aromatic heterocycles. The third-order valence-corrected chi connectivity index (χ3v) is 4.59. The molecule has 0 atom stereocenters. The molecule has 0 fully saturated rings. The molecule has 0 aliphatic rings. The number of hydrazone groups is 1. The summed E-state index contributed by atoms with van der Waals surface area (Å²) in [7, 11) is 1.59. The highest BCUT2D eigenvalue weighted by Crippen LogP contribution is 2.32. The average molecular weight is 403 g/mol. The number of methoxy groups -OCH3 is 1. The molecular weight excluding hydrogens is 389 g/mol. The second kappa shape index (κ2) is 8.53. The fourth-order valence-electron chi connectivity index (χ4n) is 1.90. The molecule has 0 aliphatic carbocycles. The van der Waals surface area contributed by atoms with E-state index in [9.17, 15) is 0 Å². The molecule has 2 aromatic carbocycles. The minimum absolute atomic E-state index is 0.292. The summed E-state index contributed by atoms with van der Waals surface area (Å²) in [5.74, 6) is 0.676. The normalized spacial score (nSPS) is 11.1. The van der Waals surface area contributed by atoms with Crippen LogP contribution in [0.15, 0.2) is 41.5 Å². The van der Waals surface area contributed by atoms with E-state index in [1.807, 2.05) is 24.3 Å². The Morgan fingerprint density at radius 2 is 1.79 bits per heavy atom. The zero-order valence-corrected chi connectivity index (χ0v) is 15.9. The highest BCUT2D eigenvalue weighted by Gasteiger charge is 2.11. The van der Waals surface area contributed by atoms with Gasteiger partial charge in [0, 0.05) is 5.56 Å². The number of nitrogens with one attached hydrogen (secondary N) is 2. The van der Waals surface area contributed by atoms with Gasteiger partial charge in [-0.15, -0.1) is 0 Å². The van der Waals surface area contributed by atoms with Crippen LogP contribution in [-0.2, 0) is 0 Å². The Kier molecular flexibility index (Phi) is 6.69. The molecule has 8 heteroatoms. The van der Waals surface area contributed by atoms with Gasteiger partial charge in [0.05, 0.1) is 33.6 Å². The molecule has 2 N–H and O–H groups in total. The molecule has 24 heavy (non-hydrogen) atoms. The van der Waals surface area contributed by atoms with E-state index in [4.69, 9.17) is 51.8 Å². The molecule has 0 bridgehead atoms. The molecule has 0 heterocycles. The SMILES string of the molecule is COc1ccccc1NC(=S)N/N=C(/C)c1ccc(Cl)c(Cl)c1Cl. The second-order valence-corrected chi connectivity index (χ2v) is 6.26.